The van der Waals surface area contributed by atoms with Gasteiger partial charge in [-0.2, -0.15) is 0 Å². The molecule has 1 aliphatic carbocycles. The molecule has 2 aliphatic rings. The van der Waals surface area contributed by atoms with Crippen LogP contribution in [0.25, 0.3) is 11.0 Å². The van der Waals surface area contributed by atoms with E-state index in [1.807, 2.05) is 35.2 Å². The first-order valence-electron chi connectivity index (χ1n) is 8.76. The minimum absolute atomic E-state index is 0.0863. The molecule has 0 saturated carbocycles. The van der Waals surface area contributed by atoms with Crippen molar-refractivity contribution in [3.63, 3.8) is 0 Å². The summed E-state index contributed by atoms with van der Waals surface area (Å²) in [5, 5.41) is 9.77. The highest BCUT2D eigenvalue weighted by molar-refractivity contribution is 5.97. The highest BCUT2D eigenvalue weighted by atomic mass is 16.3. The van der Waals surface area contributed by atoms with E-state index in [0.29, 0.717) is 17.2 Å². The third-order valence-electron chi connectivity index (χ3n) is 5.66. The molecule has 1 unspecified atom stereocenters. The van der Waals surface area contributed by atoms with E-state index in [-0.39, 0.29) is 11.9 Å². The van der Waals surface area contributed by atoms with Crippen LogP contribution in [0.5, 0.6) is 5.75 Å². The zero-order valence-electron chi connectivity index (χ0n) is 13.8. The van der Waals surface area contributed by atoms with Crippen LogP contribution in [0.1, 0.15) is 40.2 Å². The van der Waals surface area contributed by atoms with Crippen molar-refractivity contribution >= 4 is 16.9 Å². The monoisotopic (exact) mass is 333 g/mol. The fraction of sp³-hybridized carbons (Fsp3) is 0.300. The van der Waals surface area contributed by atoms with Gasteiger partial charge in [0.15, 0.2) is 0 Å². The number of carbonyl (C=O) groups is 1. The Hall–Kier alpha value is -2.82. The maximum absolute atomic E-state index is 13.2. The van der Waals surface area contributed by atoms with Crippen LogP contribution in [0.15, 0.2) is 42.7 Å². The normalized spacial score (nSPS) is 22.0. The van der Waals surface area contributed by atoms with Crippen LogP contribution in [0.2, 0.25) is 0 Å². The maximum Gasteiger partial charge on any atom is 0.254 e. The van der Waals surface area contributed by atoms with E-state index in [2.05, 4.69) is 9.97 Å². The number of nitrogens with one attached hydrogen (secondary N) is 1. The number of hydrogen-bond acceptors (Lipinski definition) is 3. The van der Waals surface area contributed by atoms with Gasteiger partial charge in [-0.25, -0.2) is 4.98 Å². The molecule has 1 aromatic heterocycles. The molecule has 5 rings (SSSR count). The van der Waals surface area contributed by atoms with Gasteiger partial charge in [0.05, 0.1) is 17.4 Å². The van der Waals surface area contributed by atoms with Gasteiger partial charge >= 0.3 is 0 Å². The topological polar surface area (TPSA) is 69.2 Å². The zero-order chi connectivity index (χ0) is 17.0. The van der Waals surface area contributed by atoms with Crippen LogP contribution in [0.3, 0.4) is 0 Å². The second kappa shape index (κ2) is 5.34. The summed E-state index contributed by atoms with van der Waals surface area (Å²) < 4.78 is 0. The quantitative estimate of drug-likeness (QED) is 0.718. The Bertz CT molecular complexity index is 978. The zero-order valence-corrected chi connectivity index (χ0v) is 13.8. The van der Waals surface area contributed by atoms with Crippen LogP contribution in [0, 0.1) is 0 Å². The Kier molecular flexibility index (Phi) is 3.10. The molecule has 1 amide bonds. The lowest BCUT2D eigenvalue weighted by Gasteiger charge is -2.38. The molecule has 126 valence electrons. The average Bonchev–Trinajstić information content (AvgIpc) is 3.23. The lowest BCUT2D eigenvalue weighted by Crippen LogP contribution is -2.46. The van der Waals surface area contributed by atoms with Gasteiger partial charge in [0, 0.05) is 24.1 Å². The van der Waals surface area contributed by atoms with Crippen molar-refractivity contribution in [3.8, 4) is 5.75 Å². The van der Waals surface area contributed by atoms with Crippen LogP contribution < -0.4 is 0 Å². The molecule has 0 radical (unpaired) electrons. The van der Waals surface area contributed by atoms with E-state index in [9.17, 15) is 9.90 Å². The van der Waals surface area contributed by atoms with Gasteiger partial charge in [-0.3, -0.25) is 4.79 Å². The van der Waals surface area contributed by atoms with E-state index < -0.39 is 0 Å². The first-order chi connectivity index (χ1) is 12.2. The number of amides is 1. The minimum atomic E-state index is 0.0863. The maximum atomic E-state index is 13.2. The summed E-state index contributed by atoms with van der Waals surface area (Å²) in [5.74, 6) is 0.771. The van der Waals surface area contributed by atoms with Crippen molar-refractivity contribution in [2.45, 2.75) is 31.2 Å². The van der Waals surface area contributed by atoms with Gasteiger partial charge in [-0.15, -0.1) is 0 Å². The van der Waals surface area contributed by atoms with Gasteiger partial charge in [-0.05, 0) is 60.7 Å². The molecule has 1 fully saturated rings. The Labute approximate surface area is 145 Å². The van der Waals surface area contributed by atoms with Crippen molar-refractivity contribution in [2.75, 3.05) is 6.54 Å². The standard InChI is InChI=1S/C20H19N3O2/c24-14-4-5-15-13(8-14)10-19-16(15)2-1-7-23(19)20(25)12-3-6-17-18(9-12)22-11-21-17/h3-6,8-9,11,16,19,24H,1-2,7,10H2,(H,21,22)/t16-,19?/m1/s1. The number of carbonyl (C=O) groups excluding carboxylic acids is 1. The summed E-state index contributed by atoms with van der Waals surface area (Å²) in [4.78, 5) is 22.5. The molecule has 3 aromatic rings. The molecule has 5 nitrogen and oxygen atoms in total. The lowest BCUT2D eigenvalue weighted by molar-refractivity contribution is 0.0595. The number of imidazole rings is 1. The molecule has 2 N–H and O–H groups in total. The third-order valence-corrected chi connectivity index (χ3v) is 5.66. The third kappa shape index (κ3) is 2.22. The van der Waals surface area contributed by atoms with Gasteiger partial charge in [0.1, 0.15) is 5.75 Å². The fourth-order valence-electron chi connectivity index (χ4n) is 4.51. The Morgan fingerprint density at radius 2 is 2.16 bits per heavy atom. The molecular formula is C20H19N3O2. The summed E-state index contributed by atoms with van der Waals surface area (Å²) in [7, 11) is 0. The Morgan fingerprint density at radius 1 is 1.24 bits per heavy atom. The number of rotatable bonds is 1. The van der Waals surface area contributed by atoms with E-state index in [4.69, 9.17) is 0 Å². The second-order valence-electron chi connectivity index (χ2n) is 7.04. The number of H-pyrrole nitrogens is 1. The van der Waals surface area contributed by atoms with Crippen molar-refractivity contribution in [1.29, 1.82) is 0 Å². The Morgan fingerprint density at radius 3 is 3.08 bits per heavy atom. The molecule has 25 heavy (non-hydrogen) atoms. The predicted molar refractivity (Wildman–Crippen MR) is 94.7 cm³/mol. The number of aromatic hydroxyl groups is 1. The van der Waals surface area contributed by atoms with E-state index >= 15 is 0 Å². The summed E-state index contributed by atoms with van der Waals surface area (Å²) >= 11 is 0. The summed E-state index contributed by atoms with van der Waals surface area (Å²) in [6, 6.07) is 11.5. The van der Waals surface area contributed by atoms with Gasteiger partial charge in [-0.1, -0.05) is 6.07 Å². The van der Waals surface area contributed by atoms with Crippen LogP contribution >= 0.6 is 0 Å². The number of fused-ring (bicyclic) bond motifs is 4. The lowest BCUT2D eigenvalue weighted by atomic mass is 9.88. The number of hydrogen-bond donors (Lipinski definition) is 2. The van der Waals surface area contributed by atoms with Gasteiger partial charge < -0.3 is 15.0 Å². The van der Waals surface area contributed by atoms with Crippen LogP contribution in [-0.2, 0) is 6.42 Å². The van der Waals surface area contributed by atoms with Crippen molar-refractivity contribution in [1.82, 2.24) is 14.9 Å². The molecule has 1 saturated heterocycles. The van der Waals surface area contributed by atoms with E-state index in [1.54, 1.807) is 12.4 Å². The molecule has 1 aliphatic heterocycles. The molecule has 2 aromatic carbocycles. The number of piperidine rings is 1. The highest BCUT2D eigenvalue weighted by Crippen LogP contribution is 2.43. The number of nitrogens with zero attached hydrogens (tertiary/aromatic N) is 2. The van der Waals surface area contributed by atoms with E-state index in [0.717, 1.165) is 36.8 Å². The Balaban J connectivity index is 1.48. The van der Waals surface area contributed by atoms with Crippen LogP contribution in [0.4, 0.5) is 0 Å². The molecule has 0 spiro atoms. The van der Waals surface area contributed by atoms with Gasteiger partial charge in [0.25, 0.3) is 5.91 Å². The number of aromatic amines is 1. The number of likely N-dealkylation sites (tertiary alicyclic amines) is 1. The molecule has 5 heteroatoms. The average molecular weight is 333 g/mol. The van der Waals surface area contributed by atoms with Crippen molar-refractivity contribution in [3.05, 3.63) is 59.4 Å². The minimum Gasteiger partial charge on any atom is -0.508 e. The first kappa shape index (κ1) is 14.5. The number of phenolic OH excluding ortho intramolecular Hbond substituents is 1. The number of phenols is 1. The molecule has 2 atom stereocenters. The molecular weight excluding hydrogens is 314 g/mol. The fourth-order valence-corrected chi connectivity index (χ4v) is 4.51. The summed E-state index contributed by atoms with van der Waals surface area (Å²) in [6.07, 6.45) is 4.59. The van der Waals surface area contributed by atoms with E-state index in [1.165, 1.54) is 11.1 Å². The largest absolute Gasteiger partial charge is 0.508 e. The molecule has 2 heterocycles. The van der Waals surface area contributed by atoms with Gasteiger partial charge in [0.2, 0.25) is 0 Å². The summed E-state index contributed by atoms with van der Waals surface area (Å²) in [6.45, 7) is 0.793. The van der Waals surface area contributed by atoms with Crippen molar-refractivity contribution < 1.29 is 9.90 Å². The molecule has 0 bridgehead atoms. The SMILES string of the molecule is O=C(c1ccc2nc[nH]c2c1)N1CCC[C@@H]2c3ccc(O)cc3CC21. The predicted octanol–water partition coefficient (Wildman–Crippen LogP) is 3.21. The number of benzene rings is 2. The van der Waals surface area contributed by atoms with Crippen LogP contribution in [-0.4, -0.2) is 38.5 Å². The summed E-state index contributed by atoms with van der Waals surface area (Å²) in [5.41, 5.74) is 4.94. The number of aromatic nitrogens is 2. The highest BCUT2D eigenvalue weighted by Gasteiger charge is 2.41. The second-order valence-corrected chi connectivity index (χ2v) is 7.04. The van der Waals surface area contributed by atoms with Crippen molar-refractivity contribution in [2.24, 2.45) is 0 Å². The smallest absolute Gasteiger partial charge is 0.254 e. The first-order valence-corrected chi connectivity index (χ1v) is 8.76.